The summed E-state index contributed by atoms with van der Waals surface area (Å²) in [6.07, 6.45) is 0. The summed E-state index contributed by atoms with van der Waals surface area (Å²) in [5, 5.41) is 21.1. The first kappa shape index (κ1) is 18.8. The highest BCUT2D eigenvalue weighted by Crippen LogP contribution is 2.39. The van der Waals surface area contributed by atoms with Crippen LogP contribution in [0.5, 0.6) is 5.88 Å². The molecule has 0 atom stereocenters. The van der Waals surface area contributed by atoms with Crippen molar-refractivity contribution in [2.45, 2.75) is 13.5 Å². The van der Waals surface area contributed by atoms with Crippen molar-refractivity contribution in [2.75, 3.05) is 6.54 Å². The SMILES string of the molecule is CCn1c(O)c(N=NC(=O)CNC(=O)c2ccccc2)c2cc(Br)ccc21. The zero-order valence-electron chi connectivity index (χ0n) is 14.5. The summed E-state index contributed by atoms with van der Waals surface area (Å²) in [6, 6.07) is 14.1. The number of rotatable bonds is 5. The van der Waals surface area contributed by atoms with Crippen LogP contribution in [-0.4, -0.2) is 28.0 Å². The van der Waals surface area contributed by atoms with E-state index in [-0.39, 0.29) is 24.0 Å². The summed E-state index contributed by atoms with van der Waals surface area (Å²) >= 11 is 3.39. The Labute approximate surface area is 163 Å². The smallest absolute Gasteiger partial charge is 0.283 e. The predicted octanol–water partition coefficient (Wildman–Crippen LogP) is 4.17. The first-order valence-corrected chi connectivity index (χ1v) is 9.09. The molecule has 7 nitrogen and oxygen atoms in total. The van der Waals surface area contributed by atoms with Gasteiger partial charge in [0.25, 0.3) is 11.8 Å². The second-order valence-electron chi connectivity index (χ2n) is 5.72. The van der Waals surface area contributed by atoms with E-state index in [1.807, 2.05) is 19.1 Å². The van der Waals surface area contributed by atoms with Crippen LogP contribution >= 0.6 is 15.9 Å². The van der Waals surface area contributed by atoms with Crippen molar-refractivity contribution in [2.24, 2.45) is 10.2 Å². The third-order valence-corrected chi connectivity index (χ3v) is 4.48. The van der Waals surface area contributed by atoms with Gasteiger partial charge in [-0.05, 0) is 37.3 Å². The van der Waals surface area contributed by atoms with Crippen molar-refractivity contribution in [3.63, 3.8) is 0 Å². The Morgan fingerprint density at radius 3 is 2.63 bits per heavy atom. The minimum absolute atomic E-state index is 0.0597. The van der Waals surface area contributed by atoms with E-state index in [2.05, 4.69) is 31.5 Å². The number of halogens is 1. The van der Waals surface area contributed by atoms with Crippen LogP contribution in [0.15, 0.2) is 63.2 Å². The average Bonchev–Trinajstić information content (AvgIpc) is 2.95. The molecule has 2 amide bonds. The van der Waals surface area contributed by atoms with Crippen LogP contribution in [0.25, 0.3) is 10.9 Å². The van der Waals surface area contributed by atoms with Crippen LogP contribution in [-0.2, 0) is 11.3 Å². The molecule has 3 rings (SSSR count). The number of azo groups is 1. The van der Waals surface area contributed by atoms with E-state index in [0.717, 1.165) is 9.99 Å². The standard InChI is InChI=1S/C19H17BrN4O3/c1-2-24-15-9-8-13(20)10-14(15)17(19(24)27)23-22-16(25)11-21-18(26)12-6-4-3-5-7-12/h3-10,27H,2,11H2,1H3,(H,21,26). The normalized spacial score (nSPS) is 11.2. The topological polar surface area (TPSA) is 96.0 Å². The minimum Gasteiger partial charge on any atom is -0.493 e. The zero-order valence-corrected chi connectivity index (χ0v) is 16.1. The van der Waals surface area contributed by atoms with Crippen molar-refractivity contribution < 1.29 is 14.7 Å². The number of hydrogen-bond donors (Lipinski definition) is 2. The van der Waals surface area contributed by atoms with Crippen molar-refractivity contribution in [3.05, 3.63) is 58.6 Å². The number of carbonyl (C=O) groups excluding carboxylic acids is 2. The molecule has 2 aromatic carbocycles. The summed E-state index contributed by atoms with van der Waals surface area (Å²) in [4.78, 5) is 23.9. The summed E-state index contributed by atoms with van der Waals surface area (Å²) in [7, 11) is 0. The Morgan fingerprint density at radius 2 is 1.93 bits per heavy atom. The van der Waals surface area contributed by atoms with Crippen molar-refractivity contribution in [3.8, 4) is 5.88 Å². The Morgan fingerprint density at radius 1 is 1.19 bits per heavy atom. The number of aryl methyl sites for hydroxylation is 1. The number of nitrogens with one attached hydrogen (secondary N) is 1. The number of aromatic hydroxyl groups is 1. The molecule has 0 unspecified atom stereocenters. The summed E-state index contributed by atoms with van der Waals surface area (Å²) in [6.45, 7) is 2.15. The molecular formula is C19H17BrN4O3. The molecule has 3 aromatic rings. The molecule has 0 bridgehead atoms. The highest BCUT2D eigenvalue weighted by Gasteiger charge is 2.16. The van der Waals surface area contributed by atoms with Crippen LogP contribution in [0.4, 0.5) is 5.69 Å². The molecule has 2 N–H and O–H groups in total. The van der Waals surface area contributed by atoms with Gasteiger partial charge in [-0.25, -0.2) is 0 Å². The van der Waals surface area contributed by atoms with Crippen LogP contribution in [0.2, 0.25) is 0 Å². The predicted molar refractivity (Wildman–Crippen MR) is 105 cm³/mol. The number of nitrogens with zero attached hydrogens (tertiary/aromatic N) is 3. The van der Waals surface area contributed by atoms with Gasteiger partial charge in [-0.15, -0.1) is 10.2 Å². The lowest BCUT2D eigenvalue weighted by atomic mass is 10.2. The van der Waals surface area contributed by atoms with E-state index in [1.165, 1.54) is 0 Å². The summed E-state index contributed by atoms with van der Waals surface area (Å²) in [5.74, 6) is -1.05. The van der Waals surface area contributed by atoms with Crippen LogP contribution in [0, 0.1) is 0 Å². The van der Waals surface area contributed by atoms with E-state index in [4.69, 9.17) is 0 Å². The van der Waals surface area contributed by atoms with Crippen molar-refractivity contribution >= 4 is 44.3 Å². The quantitative estimate of drug-likeness (QED) is 0.596. The number of fused-ring (bicyclic) bond motifs is 1. The van der Waals surface area contributed by atoms with E-state index in [1.54, 1.807) is 41.0 Å². The van der Waals surface area contributed by atoms with Gasteiger partial charge in [0, 0.05) is 22.0 Å². The van der Waals surface area contributed by atoms with Gasteiger partial charge in [-0.3, -0.25) is 9.59 Å². The van der Waals surface area contributed by atoms with Crippen molar-refractivity contribution in [1.82, 2.24) is 9.88 Å². The summed E-state index contributed by atoms with van der Waals surface area (Å²) < 4.78 is 2.50. The van der Waals surface area contributed by atoms with Crippen LogP contribution < -0.4 is 5.32 Å². The highest BCUT2D eigenvalue weighted by atomic mass is 79.9. The number of aromatic nitrogens is 1. The molecule has 0 aliphatic carbocycles. The van der Waals surface area contributed by atoms with Gasteiger partial charge in [0.05, 0.1) is 5.52 Å². The second kappa shape index (κ2) is 8.13. The maximum Gasteiger partial charge on any atom is 0.283 e. The van der Waals surface area contributed by atoms with E-state index in [0.29, 0.717) is 17.5 Å². The third-order valence-electron chi connectivity index (χ3n) is 3.99. The largest absolute Gasteiger partial charge is 0.493 e. The lowest BCUT2D eigenvalue weighted by Gasteiger charge is -2.02. The Kier molecular flexibility index (Phi) is 5.66. The molecule has 0 saturated carbocycles. The van der Waals surface area contributed by atoms with Gasteiger partial charge in [0.2, 0.25) is 5.88 Å². The highest BCUT2D eigenvalue weighted by molar-refractivity contribution is 9.10. The number of amides is 2. The molecule has 138 valence electrons. The van der Waals surface area contributed by atoms with Gasteiger partial charge in [-0.2, -0.15) is 0 Å². The van der Waals surface area contributed by atoms with Crippen LogP contribution in [0.1, 0.15) is 17.3 Å². The monoisotopic (exact) mass is 428 g/mol. The maximum absolute atomic E-state index is 12.0. The second-order valence-corrected chi connectivity index (χ2v) is 6.64. The molecular weight excluding hydrogens is 412 g/mol. The van der Waals surface area contributed by atoms with E-state index < -0.39 is 5.91 Å². The molecule has 0 aliphatic heterocycles. The van der Waals surface area contributed by atoms with Gasteiger partial charge in [0.1, 0.15) is 6.54 Å². The molecule has 8 heteroatoms. The van der Waals surface area contributed by atoms with Crippen molar-refractivity contribution in [1.29, 1.82) is 0 Å². The molecule has 0 fully saturated rings. The van der Waals surface area contributed by atoms with Gasteiger partial charge < -0.3 is 15.0 Å². The van der Waals surface area contributed by atoms with Gasteiger partial charge >= 0.3 is 0 Å². The molecule has 0 saturated heterocycles. The fraction of sp³-hybridized carbons (Fsp3) is 0.158. The Hall–Kier alpha value is -3.00. The van der Waals surface area contributed by atoms with Gasteiger partial charge in [0.15, 0.2) is 5.69 Å². The fourth-order valence-electron chi connectivity index (χ4n) is 2.70. The Bertz CT molecular complexity index is 1030. The summed E-state index contributed by atoms with van der Waals surface area (Å²) in [5.41, 5.74) is 1.46. The zero-order chi connectivity index (χ0) is 19.4. The number of benzene rings is 2. The maximum atomic E-state index is 12.0. The minimum atomic E-state index is -0.619. The average molecular weight is 429 g/mol. The Balaban J connectivity index is 1.76. The van der Waals surface area contributed by atoms with E-state index in [9.17, 15) is 14.7 Å². The molecule has 1 heterocycles. The molecule has 0 spiro atoms. The first-order chi connectivity index (χ1) is 13.0. The number of carbonyl (C=O) groups is 2. The fourth-order valence-corrected chi connectivity index (χ4v) is 3.06. The van der Waals surface area contributed by atoms with Gasteiger partial charge in [-0.1, -0.05) is 34.1 Å². The van der Waals surface area contributed by atoms with E-state index >= 15 is 0 Å². The lowest BCUT2D eigenvalue weighted by molar-refractivity contribution is -0.117. The number of hydrogen-bond acceptors (Lipinski definition) is 4. The lowest BCUT2D eigenvalue weighted by Crippen LogP contribution is -2.28. The third kappa shape index (κ3) is 4.06. The van der Waals surface area contributed by atoms with Crippen LogP contribution in [0.3, 0.4) is 0 Å². The molecule has 27 heavy (non-hydrogen) atoms. The molecule has 1 aromatic heterocycles. The molecule has 0 radical (unpaired) electrons. The molecule has 0 aliphatic rings. The first-order valence-electron chi connectivity index (χ1n) is 8.29.